The van der Waals surface area contributed by atoms with E-state index in [1.807, 2.05) is 0 Å². The zero-order chi connectivity index (χ0) is 15.3. The predicted molar refractivity (Wildman–Crippen MR) is 79.1 cm³/mol. The number of halogens is 1. The molecular formula is C14H18BrNO4. The maximum atomic E-state index is 12.3. The molecule has 0 aromatic heterocycles. The minimum Gasteiger partial charge on any atom is -0.496 e. The number of carboxylic acids is 1. The molecule has 0 saturated heterocycles. The number of ether oxygens (including phenoxy) is 1. The van der Waals surface area contributed by atoms with E-state index in [0.29, 0.717) is 24.2 Å². The van der Waals surface area contributed by atoms with Gasteiger partial charge in [-0.05, 0) is 31.0 Å². The molecule has 5 nitrogen and oxygen atoms in total. The highest BCUT2D eigenvalue weighted by molar-refractivity contribution is 9.10. The molecule has 0 saturated carbocycles. The van der Waals surface area contributed by atoms with Crippen molar-refractivity contribution in [3.8, 4) is 5.75 Å². The fourth-order valence-electron chi connectivity index (χ4n) is 1.92. The topological polar surface area (TPSA) is 75.6 Å². The van der Waals surface area contributed by atoms with Gasteiger partial charge >= 0.3 is 5.97 Å². The van der Waals surface area contributed by atoms with E-state index >= 15 is 0 Å². The molecule has 6 heteroatoms. The number of hydrogen-bond acceptors (Lipinski definition) is 3. The number of nitrogens with one attached hydrogen (secondary N) is 1. The Kier molecular flexibility index (Phi) is 5.56. The summed E-state index contributed by atoms with van der Waals surface area (Å²) in [7, 11) is 1.46. The lowest BCUT2D eigenvalue weighted by Gasteiger charge is -2.28. The number of hydrogen-bond donors (Lipinski definition) is 2. The molecule has 0 atom stereocenters. The summed E-state index contributed by atoms with van der Waals surface area (Å²) < 4.78 is 5.93. The van der Waals surface area contributed by atoms with Crippen molar-refractivity contribution in [3.05, 3.63) is 28.2 Å². The van der Waals surface area contributed by atoms with E-state index in [2.05, 4.69) is 21.2 Å². The second-order valence-corrected chi connectivity index (χ2v) is 5.31. The SMILES string of the molecule is CCC(CC)(NC(=O)c1ccc(Br)cc1OC)C(=O)O. The van der Waals surface area contributed by atoms with Crippen LogP contribution in [0, 0.1) is 0 Å². The molecule has 2 N–H and O–H groups in total. The van der Waals surface area contributed by atoms with Crippen LogP contribution in [0.15, 0.2) is 22.7 Å². The molecule has 0 aliphatic rings. The Labute approximate surface area is 126 Å². The highest BCUT2D eigenvalue weighted by Gasteiger charge is 2.37. The second kappa shape index (κ2) is 6.74. The molecule has 0 aliphatic heterocycles. The van der Waals surface area contributed by atoms with Crippen LogP contribution < -0.4 is 10.1 Å². The van der Waals surface area contributed by atoms with Gasteiger partial charge in [0, 0.05) is 4.47 Å². The van der Waals surface area contributed by atoms with Crippen LogP contribution in [0.4, 0.5) is 0 Å². The number of methoxy groups -OCH3 is 1. The molecule has 0 radical (unpaired) electrons. The standard InChI is InChI=1S/C14H18BrNO4/c1-4-14(5-2,13(18)19)16-12(17)10-7-6-9(15)8-11(10)20-3/h6-8H,4-5H2,1-3H3,(H,16,17)(H,18,19). The largest absolute Gasteiger partial charge is 0.496 e. The van der Waals surface area contributed by atoms with Gasteiger partial charge in [-0.25, -0.2) is 4.79 Å². The highest BCUT2D eigenvalue weighted by atomic mass is 79.9. The van der Waals surface area contributed by atoms with E-state index in [0.717, 1.165) is 4.47 Å². The Balaban J connectivity index is 3.10. The Hall–Kier alpha value is -1.56. The van der Waals surface area contributed by atoms with Crippen molar-refractivity contribution in [3.63, 3.8) is 0 Å². The minimum absolute atomic E-state index is 0.309. The summed E-state index contributed by atoms with van der Waals surface area (Å²) in [6.07, 6.45) is 0.618. The fraction of sp³-hybridized carbons (Fsp3) is 0.429. The Morgan fingerprint density at radius 2 is 1.95 bits per heavy atom. The average Bonchev–Trinajstić information content (AvgIpc) is 2.43. The second-order valence-electron chi connectivity index (χ2n) is 4.39. The van der Waals surface area contributed by atoms with Gasteiger partial charge in [0.2, 0.25) is 0 Å². The van der Waals surface area contributed by atoms with Crippen LogP contribution in [0.25, 0.3) is 0 Å². The molecule has 1 rings (SSSR count). The molecule has 1 aromatic carbocycles. The molecule has 0 unspecified atom stereocenters. The zero-order valence-electron chi connectivity index (χ0n) is 11.7. The van der Waals surface area contributed by atoms with Crippen LogP contribution in [-0.2, 0) is 4.79 Å². The Morgan fingerprint density at radius 1 is 1.35 bits per heavy atom. The van der Waals surface area contributed by atoms with Crippen molar-refractivity contribution < 1.29 is 19.4 Å². The van der Waals surface area contributed by atoms with E-state index in [1.54, 1.807) is 32.0 Å². The molecule has 110 valence electrons. The van der Waals surface area contributed by atoms with Gasteiger partial charge < -0.3 is 15.2 Å². The van der Waals surface area contributed by atoms with Gasteiger partial charge in [0.25, 0.3) is 5.91 Å². The van der Waals surface area contributed by atoms with E-state index in [4.69, 9.17) is 4.74 Å². The first-order valence-electron chi connectivity index (χ1n) is 6.29. The van der Waals surface area contributed by atoms with Gasteiger partial charge in [-0.15, -0.1) is 0 Å². The summed E-state index contributed by atoms with van der Waals surface area (Å²) in [5, 5.41) is 11.9. The van der Waals surface area contributed by atoms with Gasteiger partial charge in [0.1, 0.15) is 11.3 Å². The van der Waals surface area contributed by atoms with Crippen molar-refractivity contribution >= 4 is 27.8 Å². The van der Waals surface area contributed by atoms with Crippen LogP contribution in [-0.4, -0.2) is 29.6 Å². The Bertz CT molecular complexity index is 512. The normalized spacial score (nSPS) is 11.0. The van der Waals surface area contributed by atoms with E-state index in [-0.39, 0.29) is 0 Å². The molecular weight excluding hydrogens is 326 g/mol. The lowest BCUT2D eigenvalue weighted by Crippen LogP contribution is -2.53. The summed E-state index contributed by atoms with van der Waals surface area (Å²) in [5.41, 5.74) is -0.946. The van der Waals surface area contributed by atoms with Gasteiger partial charge in [-0.1, -0.05) is 29.8 Å². The van der Waals surface area contributed by atoms with Crippen LogP contribution in [0.3, 0.4) is 0 Å². The van der Waals surface area contributed by atoms with Gasteiger partial charge in [-0.2, -0.15) is 0 Å². The number of carbonyl (C=O) groups is 2. The maximum absolute atomic E-state index is 12.3. The number of benzene rings is 1. The number of amides is 1. The highest BCUT2D eigenvalue weighted by Crippen LogP contribution is 2.25. The minimum atomic E-state index is -1.25. The van der Waals surface area contributed by atoms with Crippen LogP contribution in [0.5, 0.6) is 5.75 Å². The average molecular weight is 344 g/mol. The number of carbonyl (C=O) groups excluding carboxylic acids is 1. The van der Waals surface area contributed by atoms with Crippen molar-refractivity contribution in [1.82, 2.24) is 5.32 Å². The summed E-state index contributed by atoms with van der Waals surface area (Å²) in [6.45, 7) is 3.47. The first-order valence-corrected chi connectivity index (χ1v) is 7.09. The Morgan fingerprint density at radius 3 is 2.40 bits per heavy atom. The molecule has 0 fully saturated rings. The molecule has 20 heavy (non-hydrogen) atoms. The van der Waals surface area contributed by atoms with Gasteiger partial charge in [-0.3, -0.25) is 4.79 Å². The lowest BCUT2D eigenvalue weighted by atomic mass is 9.92. The summed E-state index contributed by atoms with van der Waals surface area (Å²) in [5.74, 6) is -1.10. The van der Waals surface area contributed by atoms with Gasteiger partial charge in [0.05, 0.1) is 12.7 Å². The molecule has 1 amide bonds. The number of rotatable bonds is 6. The van der Waals surface area contributed by atoms with Crippen LogP contribution in [0.2, 0.25) is 0 Å². The first kappa shape index (κ1) is 16.5. The quantitative estimate of drug-likeness (QED) is 0.832. The number of aliphatic carboxylic acids is 1. The third-order valence-corrected chi connectivity index (χ3v) is 3.87. The molecule has 0 aliphatic carbocycles. The lowest BCUT2D eigenvalue weighted by molar-refractivity contribution is -0.144. The summed E-state index contributed by atoms with van der Waals surface area (Å²) in [4.78, 5) is 23.7. The molecule has 0 heterocycles. The summed E-state index contributed by atoms with van der Waals surface area (Å²) >= 11 is 3.29. The third-order valence-electron chi connectivity index (χ3n) is 3.38. The predicted octanol–water partition coefficient (Wildman–Crippen LogP) is 2.83. The van der Waals surface area contributed by atoms with E-state index in [1.165, 1.54) is 7.11 Å². The van der Waals surface area contributed by atoms with Crippen LogP contribution in [0.1, 0.15) is 37.0 Å². The van der Waals surface area contributed by atoms with Crippen molar-refractivity contribution in [2.24, 2.45) is 0 Å². The monoisotopic (exact) mass is 343 g/mol. The first-order chi connectivity index (χ1) is 9.40. The van der Waals surface area contributed by atoms with Crippen molar-refractivity contribution in [1.29, 1.82) is 0 Å². The molecule has 0 bridgehead atoms. The summed E-state index contributed by atoms with van der Waals surface area (Å²) in [6, 6.07) is 4.96. The van der Waals surface area contributed by atoms with Gasteiger partial charge in [0.15, 0.2) is 0 Å². The maximum Gasteiger partial charge on any atom is 0.329 e. The van der Waals surface area contributed by atoms with E-state index in [9.17, 15) is 14.7 Å². The number of carboxylic acid groups (broad SMARTS) is 1. The van der Waals surface area contributed by atoms with E-state index < -0.39 is 17.4 Å². The molecule has 1 aromatic rings. The zero-order valence-corrected chi connectivity index (χ0v) is 13.3. The van der Waals surface area contributed by atoms with Crippen LogP contribution >= 0.6 is 15.9 Å². The fourth-order valence-corrected chi connectivity index (χ4v) is 2.26. The van der Waals surface area contributed by atoms with Crippen molar-refractivity contribution in [2.75, 3.05) is 7.11 Å². The third kappa shape index (κ3) is 3.30. The smallest absolute Gasteiger partial charge is 0.329 e. The van der Waals surface area contributed by atoms with Crippen molar-refractivity contribution in [2.45, 2.75) is 32.2 Å². The molecule has 0 spiro atoms.